The number of piperidine rings is 1. The van der Waals surface area contributed by atoms with Crippen LogP contribution in [0.3, 0.4) is 0 Å². The van der Waals surface area contributed by atoms with E-state index >= 15 is 0 Å². The van der Waals surface area contributed by atoms with Crippen LogP contribution in [0.5, 0.6) is 23.0 Å². The van der Waals surface area contributed by atoms with Gasteiger partial charge in [0.2, 0.25) is 5.75 Å². The largest absolute Gasteiger partial charge is 0.497 e. The molecule has 3 heterocycles. The van der Waals surface area contributed by atoms with Crippen molar-refractivity contribution in [1.82, 2.24) is 9.88 Å². The van der Waals surface area contributed by atoms with Crippen molar-refractivity contribution in [3.05, 3.63) is 53.2 Å². The number of benzene rings is 2. The van der Waals surface area contributed by atoms with Crippen LogP contribution in [0.25, 0.3) is 17.0 Å². The third-order valence-corrected chi connectivity index (χ3v) is 9.97. The molecule has 0 amide bonds. The predicted octanol–water partition coefficient (Wildman–Crippen LogP) is 4.57. The van der Waals surface area contributed by atoms with E-state index in [0.29, 0.717) is 29.2 Å². The molecule has 1 saturated heterocycles. The summed E-state index contributed by atoms with van der Waals surface area (Å²) in [7, 11) is 9.24. The van der Waals surface area contributed by atoms with E-state index < -0.39 is 24.1 Å². The number of nitrogens with zero attached hydrogens (tertiary/aromatic N) is 1. The molecule has 1 saturated carbocycles. The van der Waals surface area contributed by atoms with Crippen molar-refractivity contribution in [2.24, 2.45) is 17.8 Å². The maximum Gasteiger partial charge on any atom is 0.331 e. The molecule has 2 aromatic carbocycles. The SMILES string of the molecule is COC(=O)[C@H]1[C@H]2C[C@@H]3c4[nH]c5cc(OC)ccc5c4CCN3C[C@H]2C[C@@H](OC(=O)/C=C\c2cc(OC)c(OC)c(OC)c2)[C@@H]1OC. The zero-order valence-electron chi connectivity index (χ0n) is 27.2. The van der Waals surface area contributed by atoms with Gasteiger partial charge >= 0.3 is 11.9 Å². The number of hydrogen-bond donors (Lipinski definition) is 1. The summed E-state index contributed by atoms with van der Waals surface area (Å²) >= 11 is 0. The van der Waals surface area contributed by atoms with Crippen LogP contribution in [-0.2, 0) is 30.2 Å². The van der Waals surface area contributed by atoms with Crippen molar-refractivity contribution >= 4 is 28.9 Å². The molecule has 6 rings (SSSR count). The molecule has 0 radical (unpaired) electrons. The molecule has 6 atom stereocenters. The topological polar surface area (TPSA) is 118 Å². The van der Waals surface area contributed by atoms with Crippen LogP contribution in [0, 0.1) is 17.8 Å². The Kier molecular flexibility index (Phi) is 9.15. The molecule has 3 aromatic rings. The standard InChI is InChI=1S/C35H42N2O9/c1-40-21-8-9-22-23-11-12-37-18-20-15-29(46-30(38)10-7-19-13-27(41-2)33(43-4)28(14-19)42-3)34(44-5)31(35(39)45-6)24(20)17-26(37)32(23)36-25(22)16-21/h7-10,13-14,16,20,24,26,29,31,34,36H,11-12,15,17-18H2,1-6H3/b10-7-/t20-,24+,26-,29-,31+,34+/m1/s1. The monoisotopic (exact) mass is 634 g/mol. The fourth-order valence-electron chi connectivity index (χ4n) is 7.91. The van der Waals surface area contributed by atoms with Gasteiger partial charge in [0.1, 0.15) is 18.0 Å². The van der Waals surface area contributed by atoms with Gasteiger partial charge in [-0.2, -0.15) is 0 Å². The highest BCUT2D eigenvalue weighted by atomic mass is 16.6. The molecule has 11 heteroatoms. The fourth-order valence-corrected chi connectivity index (χ4v) is 7.91. The number of aromatic nitrogens is 1. The summed E-state index contributed by atoms with van der Waals surface area (Å²) in [6.45, 7) is 1.70. The molecule has 0 spiro atoms. The molecule has 2 aliphatic heterocycles. The maximum absolute atomic E-state index is 13.4. The van der Waals surface area contributed by atoms with E-state index in [2.05, 4.69) is 16.0 Å². The normalized spacial score (nSPS) is 25.7. The second-order valence-corrected chi connectivity index (χ2v) is 12.1. The first-order chi connectivity index (χ1) is 22.3. The predicted molar refractivity (Wildman–Crippen MR) is 170 cm³/mol. The highest BCUT2D eigenvalue weighted by molar-refractivity contribution is 5.88. The Morgan fingerprint density at radius 1 is 0.935 bits per heavy atom. The Balaban J connectivity index is 1.23. The van der Waals surface area contributed by atoms with Gasteiger partial charge in [-0.05, 0) is 72.6 Å². The van der Waals surface area contributed by atoms with Gasteiger partial charge in [0.05, 0.1) is 47.5 Å². The summed E-state index contributed by atoms with van der Waals surface area (Å²) in [6.07, 6.45) is 4.01. The lowest BCUT2D eigenvalue weighted by Crippen LogP contribution is -2.58. The number of methoxy groups -OCH3 is 6. The summed E-state index contributed by atoms with van der Waals surface area (Å²) < 4.78 is 39.0. The number of carbonyl (C=O) groups excluding carboxylic acids is 2. The van der Waals surface area contributed by atoms with Crippen molar-refractivity contribution in [2.75, 3.05) is 55.7 Å². The van der Waals surface area contributed by atoms with Crippen LogP contribution in [0.1, 0.15) is 35.7 Å². The summed E-state index contributed by atoms with van der Waals surface area (Å²) in [4.78, 5) is 32.8. The first-order valence-electron chi connectivity index (χ1n) is 15.6. The zero-order valence-corrected chi connectivity index (χ0v) is 27.2. The van der Waals surface area contributed by atoms with Crippen LogP contribution < -0.4 is 18.9 Å². The Hall–Kier alpha value is -4.22. The molecule has 2 fully saturated rings. The number of carbonyl (C=O) groups is 2. The molecular weight excluding hydrogens is 592 g/mol. The van der Waals surface area contributed by atoms with Crippen molar-refractivity contribution in [3.63, 3.8) is 0 Å². The first kappa shape index (κ1) is 31.7. The van der Waals surface area contributed by atoms with E-state index in [1.54, 1.807) is 32.4 Å². The second-order valence-electron chi connectivity index (χ2n) is 12.1. The molecule has 1 aliphatic carbocycles. The highest BCUT2D eigenvalue weighted by Crippen LogP contribution is 2.50. The number of aromatic amines is 1. The van der Waals surface area contributed by atoms with Crippen LogP contribution in [0.15, 0.2) is 36.4 Å². The Bertz CT molecular complexity index is 1610. The summed E-state index contributed by atoms with van der Waals surface area (Å²) in [5, 5.41) is 1.21. The van der Waals surface area contributed by atoms with E-state index in [1.165, 1.54) is 51.2 Å². The summed E-state index contributed by atoms with van der Waals surface area (Å²) in [6, 6.07) is 9.78. The highest BCUT2D eigenvalue weighted by Gasteiger charge is 2.54. The quantitative estimate of drug-likeness (QED) is 0.265. The van der Waals surface area contributed by atoms with Crippen molar-refractivity contribution in [2.45, 2.75) is 37.5 Å². The van der Waals surface area contributed by atoms with Crippen molar-refractivity contribution < 1.29 is 42.7 Å². The Morgan fingerprint density at radius 2 is 1.70 bits per heavy atom. The third kappa shape index (κ3) is 5.66. The minimum absolute atomic E-state index is 0.00438. The number of ether oxygens (including phenoxy) is 7. The van der Waals surface area contributed by atoms with Crippen LogP contribution in [0.2, 0.25) is 0 Å². The van der Waals surface area contributed by atoms with Crippen molar-refractivity contribution in [3.8, 4) is 23.0 Å². The second kappa shape index (κ2) is 13.3. The van der Waals surface area contributed by atoms with Crippen LogP contribution in [-0.4, -0.2) is 89.8 Å². The van der Waals surface area contributed by atoms with Gasteiger partial charge in [0, 0.05) is 48.9 Å². The summed E-state index contributed by atoms with van der Waals surface area (Å²) in [5.41, 5.74) is 4.26. The van der Waals surface area contributed by atoms with Gasteiger partial charge in [-0.25, -0.2) is 4.79 Å². The Morgan fingerprint density at radius 3 is 2.35 bits per heavy atom. The fraction of sp³-hybridized carbons (Fsp3) is 0.486. The lowest BCUT2D eigenvalue weighted by molar-refractivity contribution is -0.187. The van der Waals surface area contributed by atoms with E-state index in [0.717, 1.165) is 37.2 Å². The zero-order chi connectivity index (χ0) is 32.5. The van der Waals surface area contributed by atoms with E-state index in [4.69, 9.17) is 33.2 Å². The molecular formula is C35H42N2O9. The number of esters is 2. The van der Waals surface area contributed by atoms with Gasteiger partial charge in [0.15, 0.2) is 11.5 Å². The van der Waals surface area contributed by atoms with Crippen LogP contribution in [0.4, 0.5) is 0 Å². The average Bonchev–Trinajstić information content (AvgIpc) is 3.46. The number of rotatable bonds is 9. The third-order valence-electron chi connectivity index (χ3n) is 9.97. The molecule has 0 unspecified atom stereocenters. The summed E-state index contributed by atoms with van der Waals surface area (Å²) in [5.74, 6) is 0.873. The van der Waals surface area contributed by atoms with Crippen LogP contribution >= 0.6 is 0 Å². The maximum atomic E-state index is 13.4. The number of H-pyrrole nitrogens is 1. The van der Waals surface area contributed by atoms with Gasteiger partial charge in [-0.1, -0.05) is 0 Å². The lowest BCUT2D eigenvalue weighted by atomic mass is 9.63. The number of fused-ring (bicyclic) bond motifs is 6. The minimum Gasteiger partial charge on any atom is -0.497 e. The number of nitrogens with one attached hydrogen (secondary N) is 1. The van der Waals surface area contributed by atoms with E-state index in [9.17, 15) is 9.59 Å². The van der Waals surface area contributed by atoms with Gasteiger partial charge in [-0.15, -0.1) is 0 Å². The van der Waals surface area contributed by atoms with Gasteiger partial charge in [-0.3, -0.25) is 9.69 Å². The van der Waals surface area contributed by atoms with Gasteiger partial charge < -0.3 is 38.1 Å². The number of hydrogen-bond acceptors (Lipinski definition) is 10. The molecule has 11 nitrogen and oxygen atoms in total. The van der Waals surface area contributed by atoms with Crippen molar-refractivity contribution in [1.29, 1.82) is 0 Å². The molecule has 246 valence electrons. The smallest absolute Gasteiger partial charge is 0.331 e. The van der Waals surface area contributed by atoms with E-state index in [-0.39, 0.29) is 23.8 Å². The minimum atomic E-state index is -0.645. The van der Waals surface area contributed by atoms with Gasteiger partial charge in [0.25, 0.3) is 0 Å². The molecule has 46 heavy (non-hydrogen) atoms. The molecule has 3 aliphatic rings. The molecule has 1 aromatic heterocycles. The first-order valence-corrected chi connectivity index (χ1v) is 15.6. The molecule has 0 bridgehead atoms. The average molecular weight is 635 g/mol. The Labute approximate surface area is 268 Å². The lowest BCUT2D eigenvalue weighted by Gasteiger charge is -2.52. The molecule has 1 N–H and O–H groups in total. The van der Waals surface area contributed by atoms with E-state index in [1.807, 2.05) is 12.1 Å².